The zero-order valence-corrected chi connectivity index (χ0v) is 9.11. The minimum Gasteiger partial charge on any atom is -0.465 e. The molecule has 0 atom stereocenters. The number of nitrogens with zero attached hydrogens (tertiary/aromatic N) is 2. The first kappa shape index (κ1) is 9.85. The van der Waals surface area contributed by atoms with Gasteiger partial charge in [0.2, 0.25) is 0 Å². The van der Waals surface area contributed by atoms with Crippen LogP contribution in [0.15, 0.2) is 16.5 Å². The highest BCUT2D eigenvalue weighted by Crippen LogP contribution is 2.31. The summed E-state index contributed by atoms with van der Waals surface area (Å²) in [6, 6.07) is 3.47. The van der Waals surface area contributed by atoms with Gasteiger partial charge in [0, 0.05) is 0 Å². The predicted octanol–water partition coefficient (Wildman–Crippen LogP) is 2.11. The van der Waals surface area contributed by atoms with Gasteiger partial charge in [0.15, 0.2) is 10.7 Å². The number of hydrogen-bond acceptors (Lipinski definition) is 6. The van der Waals surface area contributed by atoms with E-state index in [2.05, 4.69) is 9.97 Å². The molecule has 0 fully saturated rings. The minimum absolute atomic E-state index is 0.0772. The van der Waals surface area contributed by atoms with Crippen LogP contribution in [-0.4, -0.2) is 21.2 Å². The number of nitrogens with two attached hydrogens (primary N) is 1. The fourth-order valence-corrected chi connectivity index (χ4v) is 2.27. The number of fused-ring (bicyclic) bond motifs is 3. The van der Waals surface area contributed by atoms with Gasteiger partial charge in [0.1, 0.15) is 11.0 Å². The summed E-state index contributed by atoms with van der Waals surface area (Å²) in [5.41, 5.74) is 7.16. The number of anilines is 2. The SMILES string of the molecule is Nc1nc2c(ccc3nc(NC(=O)O)oc32)s1. The van der Waals surface area contributed by atoms with E-state index in [-0.39, 0.29) is 6.01 Å². The van der Waals surface area contributed by atoms with Crippen LogP contribution in [0.3, 0.4) is 0 Å². The lowest BCUT2D eigenvalue weighted by molar-refractivity contribution is 0.209. The largest absolute Gasteiger partial charge is 0.465 e. The molecule has 86 valence electrons. The maximum Gasteiger partial charge on any atom is 0.412 e. The van der Waals surface area contributed by atoms with Crippen LogP contribution >= 0.6 is 11.3 Å². The molecule has 0 radical (unpaired) electrons. The van der Waals surface area contributed by atoms with E-state index in [4.69, 9.17) is 15.3 Å². The molecule has 0 aliphatic rings. The average Bonchev–Trinajstić information content (AvgIpc) is 2.77. The van der Waals surface area contributed by atoms with Gasteiger partial charge in [-0.15, -0.1) is 0 Å². The molecular weight excluding hydrogens is 244 g/mol. The van der Waals surface area contributed by atoms with Crippen LogP contribution in [0.2, 0.25) is 0 Å². The van der Waals surface area contributed by atoms with Gasteiger partial charge in [-0.1, -0.05) is 11.3 Å². The summed E-state index contributed by atoms with van der Waals surface area (Å²) >= 11 is 1.33. The molecule has 17 heavy (non-hydrogen) atoms. The molecule has 0 saturated carbocycles. The first-order valence-electron chi connectivity index (χ1n) is 4.59. The van der Waals surface area contributed by atoms with Crippen molar-refractivity contribution in [3.05, 3.63) is 12.1 Å². The molecule has 3 aromatic rings. The Morgan fingerprint density at radius 2 is 2.29 bits per heavy atom. The fourth-order valence-electron chi connectivity index (χ4n) is 1.54. The number of thiazole rings is 1. The quantitative estimate of drug-likeness (QED) is 0.609. The first-order chi connectivity index (χ1) is 8.13. The molecule has 2 heterocycles. The lowest BCUT2D eigenvalue weighted by Crippen LogP contribution is -2.06. The molecule has 1 amide bonds. The number of carbonyl (C=O) groups is 1. The molecule has 0 bridgehead atoms. The molecule has 3 rings (SSSR count). The Balaban J connectivity index is 2.26. The van der Waals surface area contributed by atoms with E-state index in [9.17, 15) is 4.79 Å². The van der Waals surface area contributed by atoms with Gasteiger partial charge in [0.25, 0.3) is 0 Å². The summed E-state index contributed by atoms with van der Waals surface area (Å²) in [6.07, 6.45) is -1.23. The van der Waals surface area contributed by atoms with Crippen molar-refractivity contribution in [2.75, 3.05) is 11.1 Å². The van der Waals surface area contributed by atoms with Crippen molar-refractivity contribution in [3.8, 4) is 0 Å². The number of hydrogen-bond donors (Lipinski definition) is 3. The number of benzene rings is 1. The van der Waals surface area contributed by atoms with Gasteiger partial charge in [0.05, 0.1) is 4.70 Å². The van der Waals surface area contributed by atoms with E-state index in [1.165, 1.54) is 11.3 Å². The van der Waals surface area contributed by atoms with Gasteiger partial charge in [-0.05, 0) is 12.1 Å². The molecule has 7 nitrogen and oxygen atoms in total. The zero-order chi connectivity index (χ0) is 12.0. The summed E-state index contributed by atoms with van der Waals surface area (Å²) in [5.74, 6) is 0. The first-order valence-corrected chi connectivity index (χ1v) is 5.40. The highest BCUT2D eigenvalue weighted by Gasteiger charge is 2.13. The molecule has 8 heteroatoms. The number of rotatable bonds is 1. The molecule has 4 N–H and O–H groups in total. The smallest absolute Gasteiger partial charge is 0.412 e. The van der Waals surface area contributed by atoms with Crippen molar-refractivity contribution in [1.82, 2.24) is 9.97 Å². The van der Waals surface area contributed by atoms with Gasteiger partial charge in [-0.2, -0.15) is 4.98 Å². The van der Waals surface area contributed by atoms with Crippen molar-refractivity contribution in [2.45, 2.75) is 0 Å². The Morgan fingerprint density at radius 3 is 3.06 bits per heavy atom. The molecule has 0 spiro atoms. The van der Waals surface area contributed by atoms with Crippen LogP contribution in [0.1, 0.15) is 0 Å². The maximum absolute atomic E-state index is 10.5. The Hall–Kier alpha value is -2.35. The zero-order valence-electron chi connectivity index (χ0n) is 8.30. The summed E-state index contributed by atoms with van der Waals surface area (Å²) in [6.45, 7) is 0. The molecule has 1 aromatic carbocycles. The fraction of sp³-hybridized carbons (Fsp3) is 0. The Bertz CT molecular complexity index is 732. The van der Waals surface area contributed by atoms with E-state index in [1.807, 2.05) is 11.4 Å². The van der Waals surface area contributed by atoms with Crippen LogP contribution in [0, 0.1) is 0 Å². The molecule has 2 aromatic heterocycles. The van der Waals surface area contributed by atoms with Gasteiger partial charge in [-0.25, -0.2) is 15.1 Å². The molecule has 0 saturated heterocycles. The normalized spacial score (nSPS) is 11.1. The highest BCUT2D eigenvalue weighted by atomic mass is 32.1. The lowest BCUT2D eigenvalue weighted by atomic mass is 10.3. The van der Waals surface area contributed by atoms with Crippen LogP contribution in [-0.2, 0) is 0 Å². The monoisotopic (exact) mass is 250 g/mol. The van der Waals surface area contributed by atoms with Gasteiger partial charge >= 0.3 is 12.1 Å². The van der Waals surface area contributed by atoms with Crippen LogP contribution < -0.4 is 11.1 Å². The molecule has 0 aliphatic heterocycles. The van der Waals surface area contributed by atoms with Gasteiger partial charge in [-0.3, -0.25) is 0 Å². The summed E-state index contributed by atoms with van der Waals surface area (Å²) in [4.78, 5) is 18.6. The standard InChI is InChI=1S/C9H6N4O3S/c10-7-12-5-4(17-7)2-1-3-6(5)16-8(11-3)13-9(14)15/h1-2H,(H2,10,12)(H,11,13)(H,14,15). The van der Waals surface area contributed by atoms with Crippen LogP contribution in [0.4, 0.5) is 15.9 Å². The predicted molar refractivity (Wildman–Crippen MR) is 63.2 cm³/mol. The maximum atomic E-state index is 10.5. The van der Waals surface area contributed by atoms with E-state index in [0.717, 1.165) is 4.70 Å². The second-order valence-electron chi connectivity index (χ2n) is 3.26. The lowest BCUT2D eigenvalue weighted by Gasteiger charge is -1.89. The third kappa shape index (κ3) is 1.54. The second kappa shape index (κ2) is 3.32. The number of aromatic nitrogens is 2. The molecular formula is C9H6N4O3S. The number of nitrogen functional groups attached to an aromatic ring is 1. The van der Waals surface area contributed by atoms with Crippen LogP contribution in [0.5, 0.6) is 0 Å². The average molecular weight is 250 g/mol. The summed E-state index contributed by atoms with van der Waals surface area (Å²) in [7, 11) is 0. The third-order valence-electron chi connectivity index (χ3n) is 2.14. The van der Waals surface area contributed by atoms with Crippen molar-refractivity contribution < 1.29 is 14.3 Å². The Labute approximate surface area is 97.9 Å². The van der Waals surface area contributed by atoms with Gasteiger partial charge < -0.3 is 15.3 Å². The number of nitrogens with one attached hydrogen (secondary N) is 1. The topological polar surface area (TPSA) is 114 Å². The van der Waals surface area contributed by atoms with E-state index >= 15 is 0 Å². The summed E-state index contributed by atoms with van der Waals surface area (Å²) in [5, 5.41) is 11.0. The van der Waals surface area contributed by atoms with Crippen molar-refractivity contribution in [3.63, 3.8) is 0 Å². The number of amides is 1. The summed E-state index contributed by atoms with van der Waals surface area (Å²) < 4.78 is 6.16. The van der Waals surface area contributed by atoms with Crippen LogP contribution in [0.25, 0.3) is 21.3 Å². The van der Waals surface area contributed by atoms with Crippen molar-refractivity contribution in [2.24, 2.45) is 0 Å². The number of carboxylic acid groups (broad SMARTS) is 1. The van der Waals surface area contributed by atoms with E-state index < -0.39 is 6.09 Å². The van der Waals surface area contributed by atoms with Crippen molar-refractivity contribution in [1.29, 1.82) is 0 Å². The molecule has 0 aliphatic carbocycles. The third-order valence-corrected chi connectivity index (χ3v) is 2.99. The minimum atomic E-state index is -1.23. The van der Waals surface area contributed by atoms with Crippen molar-refractivity contribution >= 4 is 49.9 Å². The second-order valence-corrected chi connectivity index (χ2v) is 4.32. The number of oxazole rings is 1. The Kier molecular flexibility index (Phi) is 1.92. The highest BCUT2D eigenvalue weighted by molar-refractivity contribution is 7.22. The molecule has 0 unspecified atom stereocenters. The van der Waals surface area contributed by atoms with E-state index in [1.54, 1.807) is 6.07 Å². The Morgan fingerprint density at radius 1 is 1.47 bits per heavy atom. The van der Waals surface area contributed by atoms with E-state index in [0.29, 0.717) is 21.7 Å².